The Balaban J connectivity index is 2.01. The van der Waals surface area contributed by atoms with Gasteiger partial charge in [-0.15, -0.1) is 0 Å². The van der Waals surface area contributed by atoms with Crippen LogP contribution in [0, 0.1) is 6.92 Å². The van der Waals surface area contributed by atoms with Crippen molar-refractivity contribution < 1.29 is 9.15 Å². The van der Waals surface area contributed by atoms with E-state index in [0.717, 1.165) is 42.1 Å². The first-order valence-electron chi connectivity index (χ1n) is 6.31. The summed E-state index contributed by atoms with van der Waals surface area (Å²) in [6, 6.07) is 8.00. The molecule has 0 bridgehead atoms. The summed E-state index contributed by atoms with van der Waals surface area (Å²) in [5, 5.41) is 0. The van der Waals surface area contributed by atoms with Crippen LogP contribution >= 0.6 is 0 Å². The van der Waals surface area contributed by atoms with Gasteiger partial charge in [-0.3, -0.25) is 0 Å². The van der Waals surface area contributed by atoms with Gasteiger partial charge >= 0.3 is 0 Å². The second-order valence-corrected chi connectivity index (χ2v) is 4.76. The standard InChI is InChI=1S/C15H17NO2/c1-10-8-12(9-18-10)14(16)13-6-2-4-11-5-3-7-17-15(11)13/h2,4,6,8-9,14H,3,5,7,16H2,1H3. The number of fused-ring (bicyclic) bond motifs is 1. The van der Waals surface area contributed by atoms with Crippen LogP contribution in [0.1, 0.15) is 34.9 Å². The van der Waals surface area contributed by atoms with Gasteiger partial charge in [0.15, 0.2) is 0 Å². The number of hydrogen-bond donors (Lipinski definition) is 1. The number of furan rings is 1. The van der Waals surface area contributed by atoms with Crippen LogP contribution in [0.5, 0.6) is 5.75 Å². The van der Waals surface area contributed by atoms with Crippen molar-refractivity contribution in [2.75, 3.05) is 6.61 Å². The summed E-state index contributed by atoms with van der Waals surface area (Å²) in [5.74, 6) is 1.85. The molecule has 3 heteroatoms. The first kappa shape index (κ1) is 11.4. The third kappa shape index (κ3) is 1.91. The average Bonchev–Trinajstić information content (AvgIpc) is 2.84. The van der Waals surface area contributed by atoms with Crippen molar-refractivity contribution in [2.45, 2.75) is 25.8 Å². The van der Waals surface area contributed by atoms with Gasteiger partial charge in [0.25, 0.3) is 0 Å². The Morgan fingerprint density at radius 1 is 1.33 bits per heavy atom. The first-order valence-corrected chi connectivity index (χ1v) is 6.31. The van der Waals surface area contributed by atoms with E-state index < -0.39 is 0 Å². The number of rotatable bonds is 2. The van der Waals surface area contributed by atoms with Gasteiger partial charge in [0.05, 0.1) is 18.9 Å². The van der Waals surface area contributed by atoms with E-state index in [2.05, 4.69) is 12.1 Å². The van der Waals surface area contributed by atoms with E-state index in [-0.39, 0.29) is 6.04 Å². The maximum atomic E-state index is 6.31. The zero-order chi connectivity index (χ0) is 12.5. The predicted molar refractivity (Wildman–Crippen MR) is 69.7 cm³/mol. The average molecular weight is 243 g/mol. The largest absolute Gasteiger partial charge is 0.493 e. The van der Waals surface area contributed by atoms with Crippen LogP contribution in [-0.2, 0) is 6.42 Å². The summed E-state index contributed by atoms with van der Waals surface area (Å²) in [6.07, 6.45) is 3.87. The minimum Gasteiger partial charge on any atom is -0.493 e. The van der Waals surface area contributed by atoms with Crippen molar-refractivity contribution in [3.63, 3.8) is 0 Å². The molecule has 1 aliphatic heterocycles. The maximum Gasteiger partial charge on any atom is 0.127 e. The van der Waals surface area contributed by atoms with Gasteiger partial charge in [-0.1, -0.05) is 18.2 Å². The number of nitrogens with two attached hydrogens (primary N) is 1. The van der Waals surface area contributed by atoms with Crippen molar-refractivity contribution in [3.05, 3.63) is 53.0 Å². The van der Waals surface area contributed by atoms with E-state index in [1.807, 2.05) is 19.1 Å². The van der Waals surface area contributed by atoms with Crippen LogP contribution in [0.25, 0.3) is 0 Å². The van der Waals surface area contributed by atoms with Crippen LogP contribution in [-0.4, -0.2) is 6.61 Å². The van der Waals surface area contributed by atoms with E-state index >= 15 is 0 Å². The SMILES string of the molecule is Cc1cc(C(N)c2cccc3c2OCCC3)co1. The quantitative estimate of drug-likeness (QED) is 0.882. The fourth-order valence-electron chi connectivity index (χ4n) is 2.47. The fraction of sp³-hybridized carbons (Fsp3) is 0.333. The highest BCUT2D eigenvalue weighted by molar-refractivity contribution is 5.47. The third-order valence-electron chi connectivity index (χ3n) is 3.41. The van der Waals surface area contributed by atoms with Crippen LogP contribution in [0.2, 0.25) is 0 Å². The number of hydrogen-bond acceptors (Lipinski definition) is 3. The van der Waals surface area contributed by atoms with Gasteiger partial charge in [-0.05, 0) is 31.4 Å². The third-order valence-corrected chi connectivity index (χ3v) is 3.41. The van der Waals surface area contributed by atoms with Crippen LogP contribution in [0.4, 0.5) is 0 Å². The van der Waals surface area contributed by atoms with Gasteiger partial charge in [0, 0.05) is 11.1 Å². The minimum atomic E-state index is -0.185. The van der Waals surface area contributed by atoms with Crippen LogP contribution < -0.4 is 10.5 Å². The molecule has 3 nitrogen and oxygen atoms in total. The fourth-order valence-corrected chi connectivity index (χ4v) is 2.47. The Morgan fingerprint density at radius 2 is 2.22 bits per heavy atom. The van der Waals surface area contributed by atoms with Gasteiger partial charge in [0.1, 0.15) is 11.5 Å². The molecule has 0 spiro atoms. The summed E-state index contributed by atoms with van der Waals surface area (Å²) in [7, 11) is 0. The zero-order valence-electron chi connectivity index (χ0n) is 10.5. The molecule has 2 aromatic rings. The van der Waals surface area contributed by atoms with Crippen LogP contribution in [0.15, 0.2) is 34.9 Å². The number of aryl methyl sites for hydroxylation is 2. The topological polar surface area (TPSA) is 48.4 Å². The normalized spacial score (nSPS) is 15.9. The molecule has 0 saturated heterocycles. The van der Waals surface area contributed by atoms with Crippen molar-refractivity contribution in [1.82, 2.24) is 0 Å². The lowest BCUT2D eigenvalue weighted by Crippen LogP contribution is -2.16. The minimum absolute atomic E-state index is 0.185. The molecular weight excluding hydrogens is 226 g/mol. The Kier molecular flexibility index (Phi) is 2.84. The summed E-state index contributed by atoms with van der Waals surface area (Å²) >= 11 is 0. The summed E-state index contributed by atoms with van der Waals surface area (Å²) in [6.45, 7) is 2.70. The second kappa shape index (κ2) is 4.50. The predicted octanol–water partition coefficient (Wildman–Crippen LogP) is 2.96. The molecule has 1 aromatic heterocycles. The lowest BCUT2D eigenvalue weighted by molar-refractivity contribution is 0.284. The molecule has 3 rings (SSSR count). The molecule has 94 valence electrons. The summed E-state index contributed by atoms with van der Waals surface area (Å²) in [5.41, 5.74) is 9.62. The highest BCUT2D eigenvalue weighted by Crippen LogP contribution is 2.34. The Labute approximate surface area is 107 Å². The van der Waals surface area contributed by atoms with E-state index in [9.17, 15) is 0 Å². The Morgan fingerprint density at radius 3 is 3.00 bits per heavy atom. The molecule has 0 aliphatic carbocycles. The first-order chi connectivity index (χ1) is 8.75. The number of benzene rings is 1. The molecular formula is C15H17NO2. The van der Waals surface area contributed by atoms with Crippen molar-refractivity contribution in [3.8, 4) is 5.75 Å². The van der Waals surface area contributed by atoms with Crippen molar-refractivity contribution in [2.24, 2.45) is 5.73 Å². The molecule has 1 aromatic carbocycles. The molecule has 0 amide bonds. The molecule has 1 atom stereocenters. The highest BCUT2D eigenvalue weighted by atomic mass is 16.5. The maximum absolute atomic E-state index is 6.31. The smallest absolute Gasteiger partial charge is 0.127 e. The molecule has 0 fully saturated rings. The summed E-state index contributed by atoms with van der Waals surface area (Å²) in [4.78, 5) is 0. The Bertz CT molecular complexity index is 559. The number of ether oxygens (including phenoxy) is 1. The lowest BCUT2D eigenvalue weighted by atomic mass is 9.95. The van der Waals surface area contributed by atoms with Crippen molar-refractivity contribution >= 4 is 0 Å². The summed E-state index contributed by atoms with van der Waals surface area (Å²) < 4.78 is 11.1. The highest BCUT2D eigenvalue weighted by Gasteiger charge is 2.20. The van der Waals surface area contributed by atoms with E-state index in [1.54, 1.807) is 6.26 Å². The molecule has 0 saturated carbocycles. The Hall–Kier alpha value is -1.74. The number of para-hydroxylation sites is 1. The van der Waals surface area contributed by atoms with Crippen molar-refractivity contribution in [1.29, 1.82) is 0 Å². The van der Waals surface area contributed by atoms with Crippen LogP contribution in [0.3, 0.4) is 0 Å². The van der Waals surface area contributed by atoms with Gasteiger partial charge in [0.2, 0.25) is 0 Å². The molecule has 1 unspecified atom stereocenters. The van der Waals surface area contributed by atoms with E-state index in [0.29, 0.717) is 0 Å². The van der Waals surface area contributed by atoms with Gasteiger partial charge in [-0.2, -0.15) is 0 Å². The molecule has 1 aliphatic rings. The van der Waals surface area contributed by atoms with Gasteiger partial charge in [-0.25, -0.2) is 0 Å². The molecule has 18 heavy (non-hydrogen) atoms. The lowest BCUT2D eigenvalue weighted by Gasteiger charge is -2.22. The van der Waals surface area contributed by atoms with E-state index in [4.69, 9.17) is 14.9 Å². The monoisotopic (exact) mass is 243 g/mol. The van der Waals surface area contributed by atoms with Gasteiger partial charge < -0.3 is 14.9 Å². The molecule has 2 heterocycles. The molecule has 0 radical (unpaired) electrons. The van der Waals surface area contributed by atoms with E-state index in [1.165, 1.54) is 5.56 Å². The molecule has 2 N–H and O–H groups in total. The second-order valence-electron chi connectivity index (χ2n) is 4.76. The zero-order valence-corrected chi connectivity index (χ0v) is 10.5.